The predicted octanol–water partition coefficient (Wildman–Crippen LogP) is -1.11. The fourth-order valence-electron chi connectivity index (χ4n) is 2.37. The van der Waals surface area contributed by atoms with Crippen LogP contribution in [-0.2, 0) is 4.74 Å². The van der Waals surface area contributed by atoms with Gasteiger partial charge >= 0.3 is 0 Å². The molecule has 9 heteroatoms. The van der Waals surface area contributed by atoms with Crippen molar-refractivity contribution in [3.8, 4) is 23.0 Å². The molecule has 24 heavy (non-hydrogen) atoms. The Morgan fingerprint density at radius 3 is 1.96 bits per heavy atom. The van der Waals surface area contributed by atoms with Gasteiger partial charge in [-0.25, -0.2) is 0 Å². The molecule has 1 saturated heterocycles. The van der Waals surface area contributed by atoms with E-state index in [2.05, 4.69) is 0 Å². The lowest BCUT2D eigenvalue weighted by Crippen LogP contribution is -2.60. The first-order valence-electron chi connectivity index (χ1n) is 7.24. The standard InChI is InChI=1S/C15H22O9/c1-20-7-4-8(21-2)14(9(5-7)22-3)24-15-13(19)12(18)11(17)10(6-16)23-15/h4-5,10-13,15-19H,6H2,1-3H3. The number of methoxy groups -OCH3 is 3. The van der Waals surface area contributed by atoms with Gasteiger partial charge in [0.05, 0.1) is 27.9 Å². The van der Waals surface area contributed by atoms with Crippen LogP contribution in [0.2, 0.25) is 0 Å². The topological polar surface area (TPSA) is 127 Å². The lowest BCUT2D eigenvalue weighted by atomic mass is 9.99. The highest BCUT2D eigenvalue weighted by Crippen LogP contribution is 2.42. The molecule has 0 aliphatic carbocycles. The molecule has 1 aromatic rings. The molecule has 1 aromatic carbocycles. The summed E-state index contributed by atoms with van der Waals surface area (Å²) in [6.45, 7) is -0.554. The van der Waals surface area contributed by atoms with Crippen molar-refractivity contribution in [3.05, 3.63) is 12.1 Å². The second-order valence-corrected chi connectivity index (χ2v) is 5.18. The Morgan fingerprint density at radius 2 is 1.50 bits per heavy atom. The second kappa shape index (κ2) is 7.86. The van der Waals surface area contributed by atoms with Crippen LogP contribution in [0.5, 0.6) is 23.0 Å². The third-order valence-corrected chi connectivity index (χ3v) is 3.75. The van der Waals surface area contributed by atoms with Gasteiger partial charge in [-0.15, -0.1) is 0 Å². The van der Waals surface area contributed by atoms with Gasteiger partial charge in [-0.05, 0) is 0 Å². The average Bonchev–Trinajstić information content (AvgIpc) is 2.61. The van der Waals surface area contributed by atoms with E-state index in [1.807, 2.05) is 0 Å². The Bertz CT molecular complexity index is 523. The molecule has 1 aliphatic heterocycles. The maximum atomic E-state index is 10.1. The first-order chi connectivity index (χ1) is 11.5. The molecule has 0 amide bonds. The van der Waals surface area contributed by atoms with Gasteiger partial charge in [-0.1, -0.05) is 0 Å². The van der Waals surface area contributed by atoms with Gasteiger partial charge in [0, 0.05) is 12.1 Å². The highest BCUT2D eigenvalue weighted by molar-refractivity contribution is 5.56. The van der Waals surface area contributed by atoms with Crippen molar-refractivity contribution in [3.63, 3.8) is 0 Å². The van der Waals surface area contributed by atoms with Crippen LogP contribution in [0.1, 0.15) is 0 Å². The lowest BCUT2D eigenvalue weighted by molar-refractivity contribution is -0.277. The van der Waals surface area contributed by atoms with Crippen molar-refractivity contribution in [2.45, 2.75) is 30.7 Å². The molecule has 1 fully saturated rings. The SMILES string of the molecule is COc1cc(OC)c(OC2OC(CO)C(O)C(O)C2O)c(OC)c1. The van der Waals surface area contributed by atoms with Gasteiger partial charge in [0.1, 0.15) is 30.2 Å². The van der Waals surface area contributed by atoms with E-state index < -0.39 is 37.3 Å². The number of hydrogen-bond donors (Lipinski definition) is 4. The minimum Gasteiger partial charge on any atom is -0.496 e. The predicted molar refractivity (Wildman–Crippen MR) is 80.5 cm³/mol. The normalized spacial score (nSPS) is 29.9. The van der Waals surface area contributed by atoms with E-state index in [9.17, 15) is 20.4 Å². The summed E-state index contributed by atoms with van der Waals surface area (Å²) in [6, 6.07) is 3.09. The van der Waals surface area contributed by atoms with E-state index in [0.29, 0.717) is 5.75 Å². The van der Waals surface area contributed by atoms with Gasteiger partial charge in [-0.3, -0.25) is 0 Å². The van der Waals surface area contributed by atoms with Crippen LogP contribution in [0.3, 0.4) is 0 Å². The van der Waals surface area contributed by atoms with Crippen molar-refractivity contribution >= 4 is 0 Å². The molecule has 2 rings (SSSR count). The molecule has 4 N–H and O–H groups in total. The minimum absolute atomic E-state index is 0.116. The molecule has 0 radical (unpaired) electrons. The van der Waals surface area contributed by atoms with Crippen LogP contribution in [0.15, 0.2) is 12.1 Å². The Kier molecular flexibility index (Phi) is 6.08. The largest absolute Gasteiger partial charge is 0.496 e. The monoisotopic (exact) mass is 346 g/mol. The Labute approximate surface area is 138 Å². The smallest absolute Gasteiger partial charge is 0.229 e. The van der Waals surface area contributed by atoms with Crippen LogP contribution in [0.4, 0.5) is 0 Å². The zero-order valence-corrected chi connectivity index (χ0v) is 13.6. The molecular weight excluding hydrogens is 324 g/mol. The molecule has 0 bridgehead atoms. The first kappa shape index (κ1) is 18.6. The van der Waals surface area contributed by atoms with Crippen molar-refractivity contribution < 1.29 is 44.1 Å². The van der Waals surface area contributed by atoms with Gasteiger partial charge in [-0.2, -0.15) is 0 Å². The van der Waals surface area contributed by atoms with E-state index in [1.165, 1.54) is 21.3 Å². The van der Waals surface area contributed by atoms with Crippen LogP contribution in [0, 0.1) is 0 Å². The molecule has 0 spiro atoms. The van der Waals surface area contributed by atoms with Crippen LogP contribution in [0.25, 0.3) is 0 Å². The summed E-state index contributed by atoms with van der Waals surface area (Å²) in [7, 11) is 4.30. The summed E-state index contributed by atoms with van der Waals surface area (Å²) < 4.78 is 26.5. The van der Waals surface area contributed by atoms with Gasteiger partial charge < -0.3 is 44.1 Å². The molecule has 136 valence electrons. The molecular formula is C15H22O9. The summed E-state index contributed by atoms with van der Waals surface area (Å²) in [5.74, 6) is 1.08. The minimum atomic E-state index is -1.55. The van der Waals surface area contributed by atoms with Crippen molar-refractivity contribution in [1.29, 1.82) is 0 Å². The molecule has 1 aliphatic rings. The van der Waals surface area contributed by atoms with E-state index in [-0.39, 0.29) is 17.2 Å². The zero-order valence-electron chi connectivity index (χ0n) is 13.6. The fourth-order valence-corrected chi connectivity index (χ4v) is 2.37. The number of aliphatic hydroxyl groups excluding tert-OH is 4. The molecule has 0 aromatic heterocycles. The maximum absolute atomic E-state index is 10.1. The quantitative estimate of drug-likeness (QED) is 0.507. The lowest BCUT2D eigenvalue weighted by Gasteiger charge is -2.39. The number of rotatable bonds is 6. The van der Waals surface area contributed by atoms with Crippen molar-refractivity contribution in [1.82, 2.24) is 0 Å². The fraction of sp³-hybridized carbons (Fsp3) is 0.600. The number of hydrogen-bond acceptors (Lipinski definition) is 9. The van der Waals surface area contributed by atoms with E-state index in [0.717, 1.165) is 0 Å². The van der Waals surface area contributed by atoms with Gasteiger partial charge in [0.25, 0.3) is 0 Å². The molecule has 1 heterocycles. The number of benzene rings is 1. The highest BCUT2D eigenvalue weighted by Gasteiger charge is 2.45. The first-order valence-corrected chi connectivity index (χ1v) is 7.24. The summed E-state index contributed by atoms with van der Waals surface area (Å²) in [6.07, 6.45) is -6.99. The van der Waals surface area contributed by atoms with Crippen molar-refractivity contribution in [2.24, 2.45) is 0 Å². The van der Waals surface area contributed by atoms with Crippen LogP contribution < -0.4 is 18.9 Å². The van der Waals surface area contributed by atoms with Gasteiger partial charge in [0.15, 0.2) is 11.5 Å². The van der Waals surface area contributed by atoms with Crippen molar-refractivity contribution in [2.75, 3.05) is 27.9 Å². The van der Waals surface area contributed by atoms with E-state index >= 15 is 0 Å². The highest BCUT2D eigenvalue weighted by atomic mass is 16.7. The summed E-state index contributed by atoms with van der Waals surface area (Å²) in [5, 5.41) is 38.9. The summed E-state index contributed by atoms with van der Waals surface area (Å²) in [4.78, 5) is 0. The maximum Gasteiger partial charge on any atom is 0.229 e. The van der Waals surface area contributed by atoms with Crippen LogP contribution in [-0.4, -0.2) is 79.1 Å². The zero-order chi connectivity index (χ0) is 17.9. The molecule has 0 saturated carbocycles. The molecule has 9 nitrogen and oxygen atoms in total. The Hall–Kier alpha value is -1.78. The molecule has 5 atom stereocenters. The van der Waals surface area contributed by atoms with E-state index in [4.69, 9.17) is 23.7 Å². The number of aliphatic hydroxyl groups is 4. The average molecular weight is 346 g/mol. The third-order valence-electron chi connectivity index (χ3n) is 3.75. The second-order valence-electron chi connectivity index (χ2n) is 5.18. The Morgan fingerprint density at radius 1 is 0.917 bits per heavy atom. The number of ether oxygens (including phenoxy) is 5. The summed E-state index contributed by atoms with van der Waals surface area (Å²) in [5.41, 5.74) is 0. The van der Waals surface area contributed by atoms with Gasteiger partial charge in [0.2, 0.25) is 12.0 Å². The molecule has 5 unspecified atom stereocenters. The Balaban J connectivity index is 2.32. The third kappa shape index (κ3) is 3.50. The van der Waals surface area contributed by atoms with E-state index in [1.54, 1.807) is 12.1 Å². The van der Waals surface area contributed by atoms with Crippen LogP contribution >= 0.6 is 0 Å². The summed E-state index contributed by atoms with van der Waals surface area (Å²) >= 11 is 0.